The molecule has 1 aliphatic rings. The number of anilines is 1. The average Bonchev–Trinajstić information content (AvgIpc) is 2.98. The first kappa shape index (κ1) is 12.2. The lowest BCUT2D eigenvalue weighted by molar-refractivity contribution is -0.115. The minimum Gasteiger partial charge on any atom is -0.408 e. The molecule has 0 fully saturated rings. The number of halogens is 1. The van der Waals surface area contributed by atoms with Gasteiger partial charge in [-0.2, -0.15) is 0 Å². The smallest absolute Gasteiger partial charge is 0.408 e. The summed E-state index contributed by atoms with van der Waals surface area (Å²) in [4.78, 5) is 29.3. The van der Waals surface area contributed by atoms with Crippen LogP contribution >= 0.6 is 11.6 Å². The molecule has 0 radical (unpaired) electrons. The quantitative estimate of drug-likeness (QED) is 0.722. The summed E-state index contributed by atoms with van der Waals surface area (Å²) in [5.74, 6) is -0.0326. The topological polar surface area (TPSA) is 88.0 Å². The van der Waals surface area contributed by atoms with Gasteiger partial charge in [-0.1, -0.05) is 11.6 Å². The van der Waals surface area contributed by atoms with Crippen molar-refractivity contribution in [2.75, 3.05) is 5.32 Å². The number of hydrogen-bond acceptors (Lipinski definition) is 4. The molecule has 2 N–H and O–H groups in total. The van der Waals surface area contributed by atoms with E-state index in [2.05, 4.69) is 15.3 Å². The van der Waals surface area contributed by atoms with Crippen molar-refractivity contribution in [1.29, 1.82) is 0 Å². The van der Waals surface area contributed by atoms with Crippen LogP contribution in [0.25, 0.3) is 22.2 Å². The van der Waals surface area contributed by atoms with Gasteiger partial charge in [-0.3, -0.25) is 9.78 Å². The van der Waals surface area contributed by atoms with Crippen LogP contribution in [0.15, 0.2) is 33.6 Å². The summed E-state index contributed by atoms with van der Waals surface area (Å²) in [6.07, 6.45) is 1.96. The number of aromatic nitrogens is 2. The van der Waals surface area contributed by atoms with E-state index in [0.717, 1.165) is 16.7 Å². The second-order valence-corrected chi connectivity index (χ2v) is 5.21. The van der Waals surface area contributed by atoms with E-state index in [0.29, 0.717) is 28.4 Å². The van der Waals surface area contributed by atoms with E-state index in [4.69, 9.17) is 16.0 Å². The second kappa shape index (κ2) is 4.20. The van der Waals surface area contributed by atoms with Crippen molar-refractivity contribution in [3.63, 3.8) is 0 Å². The van der Waals surface area contributed by atoms with Gasteiger partial charge in [0.15, 0.2) is 5.58 Å². The first-order valence-corrected chi connectivity index (χ1v) is 6.59. The fourth-order valence-corrected chi connectivity index (χ4v) is 2.70. The molecule has 3 heterocycles. The number of carbonyl (C=O) groups is 1. The molecule has 0 aliphatic carbocycles. The number of rotatable bonds is 1. The highest BCUT2D eigenvalue weighted by molar-refractivity contribution is 6.35. The number of H-pyrrole nitrogens is 1. The molecule has 21 heavy (non-hydrogen) atoms. The van der Waals surface area contributed by atoms with Crippen LogP contribution in [0.2, 0.25) is 5.02 Å². The van der Waals surface area contributed by atoms with Gasteiger partial charge in [-0.15, -0.1) is 0 Å². The second-order valence-electron chi connectivity index (χ2n) is 4.80. The maximum atomic E-state index is 11.4. The molecular formula is C14H8ClN3O3. The number of amides is 1. The van der Waals surface area contributed by atoms with E-state index >= 15 is 0 Å². The zero-order chi connectivity index (χ0) is 14.6. The third-order valence-electron chi connectivity index (χ3n) is 3.39. The summed E-state index contributed by atoms with van der Waals surface area (Å²) < 4.78 is 5.04. The Bertz CT molecular complexity index is 958. The Labute approximate surface area is 122 Å². The Morgan fingerprint density at radius 3 is 2.90 bits per heavy atom. The van der Waals surface area contributed by atoms with Gasteiger partial charge in [0.1, 0.15) is 11.3 Å². The van der Waals surface area contributed by atoms with Crippen molar-refractivity contribution in [3.8, 4) is 11.1 Å². The van der Waals surface area contributed by atoms with Crippen LogP contribution in [-0.2, 0) is 11.2 Å². The summed E-state index contributed by atoms with van der Waals surface area (Å²) in [5, 5.41) is 3.07. The van der Waals surface area contributed by atoms with Gasteiger partial charge in [0.05, 0.1) is 11.4 Å². The number of fused-ring (bicyclic) bond motifs is 2. The molecule has 1 aromatic carbocycles. The van der Waals surface area contributed by atoms with Gasteiger partial charge in [0, 0.05) is 17.3 Å². The normalized spacial score (nSPS) is 13.5. The van der Waals surface area contributed by atoms with E-state index < -0.39 is 5.76 Å². The number of oxazole rings is 1. The summed E-state index contributed by atoms with van der Waals surface area (Å²) in [5.41, 5.74) is 3.26. The van der Waals surface area contributed by atoms with Gasteiger partial charge in [0.2, 0.25) is 5.91 Å². The molecule has 0 spiro atoms. The molecular weight excluding hydrogens is 294 g/mol. The maximum Gasteiger partial charge on any atom is 0.417 e. The van der Waals surface area contributed by atoms with Gasteiger partial charge in [-0.05, 0) is 23.8 Å². The summed E-state index contributed by atoms with van der Waals surface area (Å²) >= 11 is 6.15. The highest BCUT2D eigenvalue weighted by Gasteiger charge is 2.19. The van der Waals surface area contributed by atoms with E-state index in [9.17, 15) is 9.59 Å². The van der Waals surface area contributed by atoms with Crippen LogP contribution in [-0.4, -0.2) is 15.9 Å². The number of carbonyl (C=O) groups excluding carboxylic acids is 1. The Hall–Kier alpha value is -2.60. The lowest BCUT2D eigenvalue weighted by Gasteiger charge is -2.04. The van der Waals surface area contributed by atoms with Crippen LogP contribution in [0.5, 0.6) is 0 Å². The molecule has 2 aromatic heterocycles. The van der Waals surface area contributed by atoms with Crippen molar-refractivity contribution < 1.29 is 9.21 Å². The van der Waals surface area contributed by atoms with Gasteiger partial charge in [0.25, 0.3) is 0 Å². The summed E-state index contributed by atoms with van der Waals surface area (Å²) in [6, 6.07) is 5.32. The van der Waals surface area contributed by atoms with Crippen LogP contribution in [0, 0.1) is 0 Å². The average molecular weight is 302 g/mol. The molecule has 0 bridgehead atoms. The number of hydrogen-bond donors (Lipinski definition) is 2. The van der Waals surface area contributed by atoms with E-state index in [1.165, 1.54) is 0 Å². The van der Waals surface area contributed by atoms with Gasteiger partial charge < -0.3 is 9.73 Å². The standard InChI is InChI=1S/C14H8ClN3O3/c15-9-2-6(3-10-12(9)18-14(20)21-10)8-1-7-4-11(19)17-13(7)16-5-8/h1-3,5H,4H2,(H,18,20)(H,16,17,19). The van der Waals surface area contributed by atoms with E-state index in [1.54, 1.807) is 18.3 Å². The molecule has 4 rings (SSSR count). The predicted octanol–water partition coefficient (Wildman–Crippen LogP) is 2.33. The molecule has 0 atom stereocenters. The lowest BCUT2D eigenvalue weighted by Crippen LogP contribution is -2.04. The maximum absolute atomic E-state index is 11.4. The van der Waals surface area contributed by atoms with Crippen molar-refractivity contribution >= 4 is 34.4 Å². The molecule has 0 saturated carbocycles. The highest BCUT2D eigenvalue weighted by atomic mass is 35.5. The molecule has 1 amide bonds. The monoisotopic (exact) mass is 301 g/mol. The number of nitrogens with one attached hydrogen (secondary N) is 2. The Kier molecular flexibility index (Phi) is 2.43. The third kappa shape index (κ3) is 1.92. The fraction of sp³-hybridized carbons (Fsp3) is 0.0714. The lowest BCUT2D eigenvalue weighted by atomic mass is 10.0. The van der Waals surface area contributed by atoms with Crippen molar-refractivity contribution in [1.82, 2.24) is 9.97 Å². The minimum absolute atomic E-state index is 0.0697. The van der Waals surface area contributed by atoms with E-state index in [-0.39, 0.29) is 5.91 Å². The highest BCUT2D eigenvalue weighted by Crippen LogP contribution is 2.31. The van der Waals surface area contributed by atoms with Crippen molar-refractivity contribution in [2.45, 2.75) is 6.42 Å². The van der Waals surface area contributed by atoms with Crippen molar-refractivity contribution in [3.05, 3.63) is 45.5 Å². The first-order chi connectivity index (χ1) is 10.1. The van der Waals surface area contributed by atoms with Crippen LogP contribution in [0.3, 0.4) is 0 Å². The Morgan fingerprint density at radius 1 is 1.19 bits per heavy atom. The molecule has 104 valence electrons. The van der Waals surface area contributed by atoms with Crippen molar-refractivity contribution in [2.24, 2.45) is 0 Å². The Morgan fingerprint density at radius 2 is 2.05 bits per heavy atom. The van der Waals surface area contributed by atoms with Crippen LogP contribution in [0.1, 0.15) is 5.56 Å². The summed E-state index contributed by atoms with van der Waals surface area (Å²) in [7, 11) is 0. The molecule has 0 saturated heterocycles. The number of benzene rings is 1. The van der Waals surface area contributed by atoms with E-state index in [1.807, 2.05) is 6.07 Å². The predicted molar refractivity (Wildman–Crippen MR) is 77.4 cm³/mol. The third-order valence-corrected chi connectivity index (χ3v) is 3.69. The molecule has 1 aliphatic heterocycles. The number of pyridine rings is 1. The minimum atomic E-state index is -0.550. The first-order valence-electron chi connectivity index (χ1n) is 6.22. The SMILES string of the molecule is O=C1Cc2cc(-c3cc(Cl)c4[nH]c(=O)oc4c3)cnc2N1. The van der Waals surface area contributed by atoms with Gasteiger partial charge >= 0.3 is 5.76 Å². The van der Waals surface area contributed by atoms with Gasteiger partial charge in [-0.25, -0.2) is 9.78 Å². The molecule has 0 unspecified atom stereocenters. The molecule has 3 aromatic rings. The zero-order valence-electron chi connectivity index (χ0n) is 10.6. The van der Waals surface area contributed by atoms with Crippen LogP contribution < -0.4 is 11.1 Å². The zero-order valence-corrected chi connectivity index (χ0v) is 11.3. The number of nitrogens with zero attached hydrogens (tertiary/aromatic N) is 1. The van der Waals surface area contributed by atoms with Crippen LogP contribution in [0.4, 0.5) is 5.82 Å². The molecule has 7 heteroatoms. The Balaban J connectivity index is 1.89. The fourth-order valence-electron chi connectivity index (χ4n) is 2.44. The summed E-state index contributed by atoms with van der Waals surface area (Å²) in [6.45, 7) is 0. The number of aromatic amines is 1. The largest absolute Gasteiger partial charge is 0.417 e. The molecule has 6 nitrogen and oxygen atoms in total.